The quantitative estimate of drug-likeness (QED) is 0.143. The summed E-state index contributed by atoms with van der Waals surface area (Å²) in [5, 5.41) is 26.9. The van der Waals surface area contributed by atoms with E-state index in [9.17, 15) is 15.0 Å². The zero-order valence-corrected chi connectivity index (χ0v) is 28.0. The SMILES string of the molecule is CC(C)(C)[Si](C)(C)OC(CNCC1(O)CCN(CCOCCc2ccccc2Cl)CC1)c1ccc(O)c2[nH]c(=O)ccc12. The maximum atomic E-state index is 12.0. The number of hydrogen-bond acceptors (Lipinski definition) is 7. The van der Waals surface area contributed by atoms with Crippen molar-refractivity contribution in [3.8, 4) is 5.75 Å². The molecule has 0 bridgehead atoms. The first-order valence-electron chi connectivity index (χ1n) is 15.3. The molecular formula is C33H48ClN3O5Si. The minimum absolute atomic E-state index is 0.00434. The van der Waals surface area contributed by atoms with E-state index in [4.69, 9.17) is 20.8 Å². The highest BCUT2D eigenvalue weighted by Gasteiger charge is 2.40. The van der Waals surface area contributed by atoms with E-state index in [1.165, 1.54) is 6.07 Å². The second-order valence-electron chi connectivity index (χ2n) is 13.3. The van der Waals surface area contributed by atoms with Gasteiger partial charge in [0.15, 0.2) is 8.32 Å². The maximum Gasteiger partial charge on any atom is 0.248 e. The Labute approximate surface area is 261 Å². The van der Waals surface area contributed by atoms with Crippen LogP contribution in [0.5, 0.6) is 5.75 Å². The van der Waals surface area contributed by atoms with Gasteiger partial charge in [0.05, 0.1) is 30.4 Å². The molecule has 1 aliphatic rings. The highest BCUT2D eigenvalue weighted by molar-refractivity contribution is 6.74. The van der Waals surface area contributed by atoms with Gasteiger partial charge in [0.25, 0.3) is 0 Å². The highest BCUT2D eigenvalue weighted by atomic mass is 35.5. The fraction of sp³-hybridized carbons (Fsp3) is 0.545. The molecule has 1 fully saturated rings. The number of phenols is 1. The minimum Gasteiger partial charge on any atom is -0.506 e. The van der Waals surface area contributed by atoms with Crippen LogP contribution in [0.25, 0.3) is 10.9 Å². The standard InChI is InChI=1S/C33H48ClN3O5Si/c1-32(2,3)43(4,5)42-29(25-10-12-28(38)31-26(25)11-13-30(39)36-31)22-35-23-33(40)15-17-37(18-16-33)19-21-41-20-14-24-8-6-7-9-27(24)34/h6-13,29,35,38,40H,14-23H2,1-5H3,(H,36,39). The van der Waals surface area contributed by atoms with Gasteiger partial charge in [-0.2, -0.15) is 0 Å². The molecule has 3 aromatic rings. The summed E-state index contributed by atoms with van der Waals surface area (Å²) in [6.07, 6.45) is 1.83. The number of halogens is 1. The highest BCUT2D eigenvalue weighted by Crippen LogP contribution is 2.41. The second-order valence-corrected chi connectivity index (χ2v) is 18.5. The van der Waals surface area contributed by atoms with Crippen LogP contribution in [0.1, 0.15) is 50.8 Å². The van der Waals surface area contributed by atoms with Gasteiger partial charge in [-0.3, -0.25) is 4.79 Å². The number of nitrogens with zero attached hydrogens (tertiary/aromatic N) is 1. The summed E-state index contributed by atoms with van der Waals surface area (Å²) in [7, 11) is -2.18. The molecule has 43 heavy (non-hydrogen) atoms. The molecule has 1 saturated heterocycles. The van der Waals surface area contributed by atoms with E-state index in [1.54, 1.807) is 12.1 Å². The molecule has 0 aliphatic carbocycles. The van der Waals surface area contributed by atoms with Crippen molar-refractivity contribution in [2.75, 3.05) is 45.9 Å². The predicted molar refractivity (Wildman–Crippen MR) is 177 cm³/mol. The van der Waals surface area contributed by atoms with Gasteiger partial charge in [-0.25, -0.2) is 0 Å². The number of aromatic nitrogens is 1. The van der Waals surface area contributed by atoms with Crippen molar-refractivity contribution in [2.24, 2.45) is 0 Å². The Morgan fingerprint density at radius 1 is 1.09 bits per heavy atom. The number of H-pyrrole nitrogens is 1. The third-order valence-electron chi connectivity index (χ3n) is 9.09. The largest absolute Gasteiger partial charge is 0.506 e. The van der Waals surface area contributed by atoms with Gasteiger partial charge in [0.2, 0.25) is 5.56 Å². The third kappa shape index (κ3) is 8.91. The molecule has 1 aliphatic heterocycles. The molecule has 10 heteroatoms. The predicted octanol–water partition coefficient (Wildman–Crippen LogP) is 5.63. The molecule has 0 amide bonds. The lowest BCUT2D eigenvalue weighted by molar-refractivity contribution is -0.0265. The number of benzene rings is 2. The topological polar surface area (TPSA) is 107 Å². The van der Waals surface area contributed by atoms with Crippen molar-refractivity contribution in [3.63, 3.8) is 0 Å². The molecule has 0 saturated carbocycles. The second kappa shape index (κ2) is 14.2. The van der Waals surface area contributed by atoms with Crippen molar-refractivity contribution < 1.29 is 19.4 Å². The first kappa shape index (κ1) is 33.6. The normalized spacial score (nSPS) is 16.9. The number of phenolic OH excluding ortho intramolecular Hbond substituents is 1. The Kier molecular flexibility index (Phi) is 11.1. The number of fused-ring (bicyclic) bond motifs is 1. The molecule has 2 heterocycles. The Morgan fingerprint density at radius 3 is 2.51 bits per heavy atom. The number of likely N-dealkylation sites (tertiary alicyclic amines) is 1. The van der Waals surface area contributed by atoms with Crippen molar-refractivity contribution in [2.45, 2.75) is 69.9 Å². The molecule has 8 nitrogen and oxygen atoms in total. The van der Waals surface area contributed by atoms with Gasteiger partial charge >= 0.3 is 0 Å². The van der Waals surface area contributed by atoms with Crippen molar-refractivity contribution in [1.29, 1.82) is 0 Å². The summed E-state index contributed by atoms with van der Waals surface area (Å²) in [6.45, 7) is 15.8. The number of rotatable bonds is 13. The van der Waals surface area contributed by atoms with E-state index in [2.05, 4.69) is 49.1 Å². The van der Waals surface area contributed by atoms with Crippen molar-refractivity contribution in [3.05, 3.63) is 75.0 Å². The summed E-state index contributed by atoms with van der Waals surface area (Å²) < 4.78 is 12.8. The van der Waals surface area contributed by atoms with E-state index in [0.717, 1.165) is 47.6 Å². The molecule has 0 spiro atoms. The summed E-state index contributed by atoms with van der Waals surface area (Å²) >= 11 is 6.23. The molecule has 1 unspecified atom stereocenters. The number of aromatic hydroxyl groups is 1. The lowest BCUT2D eigenvalue weighted by atomic mass is 9.91. The minimum atomic E-state index is -2.18. The van der Waals surface area contributed by atoms with Crippen LogP contribution in [0.2, 0.25) is 23.2 Å². The third-order valence-corrected chi connectivity index (χ3v) is 13.9. The molecule has 0 radical (unpaired) electrons. The summed E-state index contributed by atoms with van der Waals surface area (Å²) in [5.41, 5.74) is 1.35. The van der Waals surface area contributed by atoms with Gasteiger partial charge < -0.3 is 34.6 Å². The lowest BCUT2D eigenvalue weighted by Crippen LogP contribution is -2.51. The summed E-state index contributed by atoms with van der Waals surface area (Å²) in [4.78, 5) is 17.1. The van der Waals surface area contributed by atoms with Crippen LogP contribution >= 0.6 is 11.6 Å². The van der Waals surface area contributed by atoms with Crippen LogP contribution in [0.15, 0.2) is 53.3 Å². The number of piperidine rings is 1. The summed E-state index contributed by atoms with van der Waals surface area (Å²) in [6, 6.07) is 14.6. The average molecular weight is 630 g/mol. The fourth-order valence-corrected chi connectivity index (χ4v) is 6.78. The van der Waals surface area contributed by atoms with Crippen LogP contribution in [0.3, 0.4) is 0 Å². The molecule has 4 N–H and O–H groups in total. The van der Waals surface area contributed by atoms with Crippen molar-refractivity contribution in [1.82, 2.24) is 15.2 Å². The van der Waals surface area contributed by atoms with Gasteiger partial charge in [0.1, 0.15) is 5.75 Å². The first-order valence-corrected chi connectivity index (χ1v) is 18.6. The maximum absolute atomic E-state index is 12.0. The Bertz CT molecular complexity index is 1420. The monoisotopic (exact) mass is 629 g/mol. The van der Waals surface area contributed by atoms with E-state index < -0.39 is 13.9 Å². The molecule has 1 atom stereocenters. The molecular weight excluding hydrogens is 582 g/mol. The zero-order valence-electron chi connectivity index (χ0n) is 26.2. The number of ether oxygens (including phenoxy) is 1. The lowest BCUT2D eigenvalue weighted by Gasteiger charge is -2.41. The smallest absolute Gasteiger partial charge is 0.248 e. The van der Waals surface area contributed by atoms with Crippen LogP contribution < -0.4 is 10.9 Å². The van der Waals surface area contributed by atoms with Gasteiger partial charge in [0, 0.05) is 49.2 Å². The van der Waals surface area contributed by atoms with Crippen LogP contribution in [0.4, 0.5) is 0 Å². The van der Waals surface area contributed by atoms with Crippen LogP contribution in [0, 0.1) is 0 Å². The Morgan fingerprint density at radius 2 is 1.81 bits per heavy atom. The van der Waals surface area contributed by atoms with Crippen LogP contribution in [-0.4, -0.2) is 80.0 Å². The van der Waals surface area contributed by atoms with Gasteiger partial charge in [-0.05, 0) is 66.7 Å². The number of hydrogen-bond donors (Lipinski definition) is 4. The Balaban J connectivity index is 1.32. The zero-order chi connectivity index (χ0) is 31.3. The average Bonchev–Trinajstić information content (AvgIpc) is 2.94. The number of aromatic amines is 1. The number of aliphatic hydroxyl groups is 1. The fourth-order valence-electron chi connectivity index (χ4n) is 5.27. The van der Waals surface area contributed by atoms with Crippen molar-refractivity contribution >= 4 is 30.8 Å². The first-order chi connectivity index (χ1) is 20.3. The Hall–Kier alpha value is -2.24. The molecule has 2 aromatic carbocycles. The van der Waals surface area contributed by atoms with E-state index in [0.29, 0.717) is 44.7 Å². The van der Waals surface area contributed by atoms with E-state index in [1.807, 2.05) is 30.3 Å². The molecule has 236 valence electrons. The van der Waals surface area contributed by atoms with Gasteiger partial charge in [-0.1, -0.05) is 56.6 Å². The van der Waals surface area contributed by atoms with Gasteiger partial charge in [-0.15, -0.1) is 0 Å². The van der Waals surface area contributed by atoms with E-state index >= 15 is 0 Å². The van der Waals surface area contributed by atoms with E-state index in [-0.39, 0.29) is 22.5 Å². The number of pyridine rings is 1. The summed E-state index contributed by atoms with van der Waals surface area (Å²) in [5.74, 6) is 0.0301. The van der Waals surface area contributed by atoms with Crippen LogP contribution in [-0.2, 0) is 15.6 Å². The number of nitrogens with one attached hydrogen (secondary N) is 2. The molecule has 4 rings (SSSR count). The molecule has 1 aromatic heterocycles.